The minimum atomic E-state index is -4.97. The molecule has 0 amide bonds. The summed E-state index contributed by atoms with van der Waals surface area (Å²) in [5, 5.41) is 10.7. The third kappa shape index (κ3) is 78.7. The van der Waals surface area contributed by atoms with Gasteiger partial charge in [-0.2, -0.15) is 0 Å². The van der Waals surface area contributed by atoms with Crippen LogP contribution in [-0.2, 0) is 65.4 Å². The molecule has 630 valence electrons. The van der Waals surface area contributed by atoms with Gasteiger partial charge in [-0.25, -0.2) is 9.13 Å². The number of aliphatic hydroxyl groups is 1. The van der Waals surface area contributed by atoms with Gasteiger partial charge in [0.05, 0.1) is 26.4 Å². The van der Waals surface area contributed by atoms with Gasteiger partial charge in [-0.05, 0) is 37.5 Å². The van der Waals surface area contributed by atoms with Crippen molar-refractivity contribution in [3.63, 3.8) is 0 Å². The minimum absolute atomic E-state index is 0.106. The number of unbranched alkanes of at least 4 members (excludes halogenated alkanes) is 55. The van der Waals surface area contributed by atoms with Crippen molar-refractivity contribution in [2.24, 2.45) is 11.8 Å². The molecule has 0 heterocycles. The summed E-state index contributed by atoms with van der Waals surface area (Å²) >= 11 is 0. The predicted octanol–water partition coefficient (Wildman–Crippen LogP) is 26.6. The van der Waals surface area contributed by atoms with E-state index in [4.69, 9.17) is 37.0 Å². The number of carbonyl (C=O) groups excluding carboxylic acids is 4. The maximum absolute atomic E-state index is 13.2. The highest BCUT2D eigenvalue weighted by Gasteiger charge is 2.30. The third-order valence-corrected chi connectivity index (χ3v) is 22.7. The van der Waals surface area contributed by atoms with Gasteiger partial charge in [0.25, 0.3) is 0 Å². The Labute approximate surface area is 651 Å². The zero-order chi connectivity index (χ0) is 77.8. The number of hydrogen-bond donors (Lipinski definition) is 3. The smallest absolute Gasteiger partial charge is 0.462 e. The summed E-state index contributed by atoms with van der Waals surface area (Å²) in [6, 6.07) is 0. The molecule has 19 heteroatoms. The molecule has 3 N–H and O–H groups in total. The van der Waals surface area contributed by atoms with E-state index in [1.54, 1.807) is 0 Å². The first-order chi connectivity index (χ1) is 51.4. The monoisotopic (exact) mass is 1550 g/mol. The van der Waals surface area contributed by atoms with Gasteiger partial charge >= 0.3 is 39.5 Å². The molecule has 0 radical (unpaired) electrons. The van der Waals surface area contributed by atoms with E-state index >= 15 is 0 Å². The molecule has 0 aromatic heterocycles. The van der Waals surface area contributed by atoms with Crippen molar-refractivity contribution in [2.75, 3.05) is 39.6 Å². The van der Waals surface area contributed by atoms with Gasteiger partial charge in [0.15, 0.2) is 12.2 Å². The van der Waals surface area contributed by atoms with Gasteiger partial charge in [-0.15, -0.1) is 0 Å². The lowest BCUT2D eigenvalue weighted by molar-refractivity contribution is -0.161. The van der Waals surface area contributed by atoms with Crippen LogP contribution in [0.1, 0.15) is 465 Å². The molecule has 0 saturated carbocycles. The van der Waals surface area contributed by atoms with Gasteiger partial charge < -0.3 is 33.8 Å². The van der Waals surface area contributed by atoms with Gasteiger partial charge in [-0.3, -0.25) is 37.3 Å². The Morgan fingerprint density at radius 2 is 0.481 bits per heavy atom. The van der Waals surface area contributed by atoms with Crippen molar-refractivity contribution in [3.05, 3.63) is 0 Å². The molecular weight excluding hydrogens is 1380 g/mol. The average molecular weight is 1550 g/mol. The Morgan fingerprint density at radius 1 is 0.274 bits per heavy atom. The fourth-order valence-corrected chi connectivity index (χ4v) is 15.1. The molecular formula is C87H170O17P2. The topological polar surface area (TPSA) is 237 Å². The maximum atomic E-state index is 13.2. The second-order valence-electron chi connectivity index (χ2n) is 32.0. The lowest BCUT2D eigenvalue weighted by Crippen LogP contribution is -2.30. The first kappa shape index (κ1) is 104. The van der Waals surface area contributed by atoms with Crippen molar-refractivity contribution >= 4 is 39.5 Å². The number of aliphatic hydroxyl groups excluding tert-OH is 1. The summed E-state index contributed by atoms with van der Waals surface area (Å²) < 4.78 is 68.8. The molecule has 0 spiro atoms. The van der Waals surface area contributed by atoms with Crippen LogP contribution in [-0.4, -0.2) is 96.7 Å². The molecule has 0 bridgehead atoms. The Kier molecular flexibility index (Phi) is 76.9. The average Bonchev–Trinajstić information content (AvgIpc) is 0.904. The Hall–Kier alpha value is -1.94. The zero-order valence-electron chi connectivity index (χ0n) is 69.7. The van der Waals surface area contributed by atoms with Gasteiger partial charge in [0.2, 0.25) is 0 Å². The summed E-state index contributed by atoms with van der Waals surface area (Å²) in [5.41, 5.74) is 0. The van der Waals surface area contributed by atoms with Crippen LogP contribution < -0.4 is 0 Å². The number of phosphoric acid groups is 2. The minimum Gasteiger partial charge on any atom is -0.462 e. The van der Waals surface area contributed by atoms with Crippen molar-refractivity contribution in [2.45, 2.75) is 484 Å². The molecule has 3 unspecified atom stereocenters. The van der Waals surface area contributed by atoms with Crippen LogP contribution in [0.2, 0.25) is 0 Å². The van der Waals surface area contributed by atoms with Crippen LogP contribution >= 0.6 is 15.6 Å². The fraction of sp³-hybridized carbons (Fsp3) is 0.954. The van der Waals surface area contributed by atoms with E-state index in [2.05, 4.69) is 41.5 Å². The summed E-state index contributed by atoms with van der Waals surface area (Å²) in [4.78, 5) is 73.1. The zero-order valence-corrected chi connectivity index (χ0v) is 71.5. The van der Waals surface area contributed by atoms with Crippen LogP contribution in [0.3, 0.4) is 0 Å². The molecule has 17 nitrogen and oxygen atoms in total. The summed E-state index contributed by atoms with van der Waals surface area (Å²) in [6.07, 6.45) is 71.0. The molecule has 0 rings (SSSR count). The van der Waals surface area contributed by atoms with Crippen LogP contribution in [0.25, 0.3) is 0 Å². The number of esters is 4. The molecule has 0 saturated heterocycles. The van der Waals surface area contributed by atoms with Crippen molar-refractivity contribution in [1.29, 1.82) is 0 Å². The molecule has 6 atom stereocenters. The Morgan fingerprint density at radius 3 is 0.717 bits per heavy atom. The van der Waals surface area contributed by atoms with E-state index in [0.717, 1.165) is 102 Å². The van der Waals surface area contributed by atoms with E-state index in [1.165, 1.54) is 283 Å². The SMILES string of the molecule is CCCCCCCCCCCCCCCCCCCCCCCCC(=O)OC[C@H](COP(=O)(O)OC[C@@H](O)COP(=O)(O)OC[C@@H](COC(=O)CCCCCCCCCCC)OC(=O)CCCCCCCCCCCCC(C)C)OC(=O)CCCCCCCCCCCCCCCCCCCCC(C)CC. The first-order valence-electron chi connectivity index (χ1n) is 45.0. The van der Waals surface area contributed by atoms with Crippen LogP contribution in [0.5, 0.6) is 0 Å². The number of carbonyl (C=O) groups is 4. The molecule has 0 aliphatic heterocycles. The van der Waals surface area contributed by atoms with Crippen molar-refractivity contribution in [1.82, 2.24) is 0 Å². The number of rotatable bonds is 86. The van der Waals surface area contributed by atoms with Crippen molar-refractivity contribution < 1.29 is 80.2 Å². The standard InChI is InChI=1S/C87H170O17P2/c1-7-10-12-14-16-18-19-20-21-22-23-24-25-26-30-33-36-39-46-52-58-64-70-85(90)98-76-83(103-86(91)71-65-59-53-47-40-37-34-31-28-27-29-32-35-38-45-50-56-62-68-80(6)9-3)78-102-106(95,96)100-74-81(88)73-99-105(93,94)101-77-82(75-97-84(89)69-63-57-51-43-17-15-13-11-8-2)104-87(92)72-66-60-54-48-42-41-44-49-55-61-67-79(4)5/h79-83,88H,7-78H2,1-6H3,(H,93,94)(H,95,96)/t80?,81-,82+,83+/m0/s1. The molecule has 0 aliphatic carbocycles. The summed E-state index contributed by atoms with van der Waals surface area (Å²) in [6.45, 7) is 9.70. The van der Waals surface area contributed by atoms with Crippen LogP contribution in [0.4, 0.5) is 0 Å². The molecule has 0 aliphatic rings. The van der Waals surface area contributed by atoms with Crippen LogP contribution in [0.15, 0.2) is 0 Å². The second-order valence-corrected chi connectivity index (χ2v) is 34.9. The molecule has 106 heavy (non-hydrogen) atoms. The molecule has 0 aromatic carbocycles. The van der Waals surface area contributed by atoms with Gasteiger partial charge in [-0.1, -0.05) is 414 Å². The lowest BCUT2D eigenvalue weighted by atomic mass is 9.99. The quantitative estimate of drug-likeness (QED) is 0.0222. The highest BCUT2D eigenvalue weighted by molar-refractivity contribution is 7.47. The highest BCUT2D eigenvalue weighted by atomic mass is 31.2. The highest BCUT2D eigenvalue weighted by Crippen LogP contribution is 2.45. The Bertz CT molecular complexity index is 2030. The number of ether oxygens (including phenoxy) is 4. The van der Waals surface area contributed by atoms with Crippen molar-refractivity contribution in [3.8, 4) is 0 Å². The first-order valence-corrected chi connectivity index (χ1v) is 48.0. The van der Waals surface area contributed by atoms with E-state index in [1.807, 2.05) is 0 Å². The summed E-state index contributed by atoms with van der Waals surface area (Å²) in [5.74, 6) is -0.482. The Balaban J connectivity index is 5.18. The van der Waals surface area contributed by atoms with E-state index < -0.39 is 97.5 Å². The maximum Gasteiger partial charge on any atom is 0.472 e. The molecule has 0 fully saturated rings. The largest absolute Gasteiger partial charge is 0.472 e. The van der Waals surface area contributed by atoms with E-state index in [-0.39, 0.29) is 25.7 Å². The second kappa shape index (κ2) is 78.3. The third-order valence-electron chi connectivity index (χ3n) is 20.8. The predicted molar refractivity (Wildman–Crippen MR) is 437 cm³/mol. The summed E-state index contributed by atoms with van der Waals surface area (Å²) in [7, 11) is -9.92. The lowest BCUT2D eigenvalue weighted by Gasteiger charge is -2.21. The fourth-order valence-electron chi connectivity index (χ4n) is 13.6. The van der Waals surface area contributed by atoms with E-state index in [9.17, 15) is 43.2 Å². The van der Waals surface area contributed by atoms with Gasteiger partial charge in [0.1, 0.15) is 19.3 Å². The normalized spacial score (nSPS) is 14.1. The van der Waals surface area contributed by atoms with Crippen LogP contribution in [0, 0.1) is 11.8 Å². The van der Waals surface area contributed by atoms with E-state index in [0.29, 0.717) is 25.7 Å². The number of phosphoric ester groups is 2. The number of hydrogen-bond acceptors (Lipinski definition) is 15. The molecule has 0 aromatic rings. The van der Waals surface area contributed by atoms with Gasteiger partial charge in [0, 0.05) is 25.7 Å².